The minimum Gasteiger partial charge on any atom is -0.419 e. The molecule has 0 aliphatic heterocycles. The fraction of sp³-hybridized carbons (Fsp3) is 0.167. The summed E-state index contributed by atoms with van der Waals surface area (Å²) in [6.45, 7) is 0.231. The van der Waals surface area contributed by atoms with Crippen molar-refractivity contribution in [3.05, 3.63) is 83.6 Å². The third-order valence-electron chi connectivity index (χ3n) is 5.15. The largest absolute Gasteiger partial charge is 0.419 e. The lowest BCUT2D eigenvalue weighted by Gasteiger charge is -2.25. The number of nitrogens with one attached hydrogen (secondary N) is 1. The van der Waals surface area contributed by atoms with E-state index < -0.39 is 17.7 Å². The summed E-state index contributed by atoms with van der Waals surface area (Å²) >= 11 is 0. The number of nitrogens with zero attached hydrogens (tertiary/aromatic N) is 3. The van der Waals surface area contributed by atoms with E-state index in [1.807, 2.05) is 48.5 Å². The van der Waals surface area contributed by atoms with Crippen LogP contribution in [-0.4, -0.2) is 30.5 Å². The van der Waals surface area contributed by atoms with Crippen LogP contribution in [0.15, 0.2) is 65.1 Å². The Morgan fingerprint density at radius 3 is 2.61 bits per heavy atom. The van der Waals surface area contributed by atoms with Gasteiger partial charge in [0.05, 0.1) is 6.04 Å². The molecule has 156 valence electrons. The van der Waals surface area contributed by atoms with E-state index in [-0.39, 0.29) is 18.1 Å². The zero-order chi connectivity index (χ0) is 22.0. The third-order valence-corrected chi connectivity index (χ3v) is 5.15. The van der Waals surface area contributed by atoms with Gasteiger partial charge in [0.25, 0.3) is 0 Å². The monoisotopic (exact) mass is 418 g/mol. The number of nitriles is 1. The number of anilines is 1. The Kier molecular flexibility index (Phi) is 5.65. The molecule has 5 nitrogen and oxygen atoms in total. The standard InChI is InChI=1S/C24H20F2N4O/c1-30(2)22(19-11-10-16(25)12-20(19)26)14-28-24-21(13-27)29-23(31-24)18-9-5-7-15-6-3-4-8-17(15)18/h3-12,22,28H,14H2,1-2H3/t22-/m0/s1. The lowest BCUT2D eigenvalue weighted by Crippen LogP contribution is -2.27. The van der Waals surface area contributed by atoms with Crippen LogP contribution in [-0.2, 0) is 0 Å². The molecule has 0 amide bonds. The van der Waals surface area contributed by atoms with Crippen molar-refractivity contribution in [3.8, 4) is 17.5 Å². The zero-order valence-electron chi connectivity index (χ0n) is 17.1. The topological polar surface area (TPSA) is 65.1 Å². The predicted octanol–water partition coefficient (Wildman–Crippen LogP) is 5.36. The van der Waals surface area contributed by atoms with Crippen LogP contribution in [0, 0.1) is 23.0 Å². The van der Waals surface area contributed by atoms with Crippen LogP contribution in [0.25, 0.3) is 22.2 Å². The van der Waals surface area contributed by atoms with E-state index in [1.54, 1.807) is 19.0 Å². The molecular weight excluding hydrogens is 398 g/mol. The Hall–Kier alpha value is -3.76. The Balaban J connectivity index is 1.64. The van der Waals surface area contributed by atoms with Gasteiger partial charge in [0.1, 0.15) is 17.7 Å². The number of rotatable bonds is 6. The first-order chi connectivity index (χ1) is 15.0. The highest BCUT2D eigenvalue weighted by Crippen LogP contribution is 2.32. The van der Waals surface area contributed by atoms with Crippen molar-refractivity contribution in [1.29, 1.82) is 5.26 Å². The maximum atomic E-state index is 14.3. The normalized spacial score (nSPS) is 12.1. The van der Waals surface area contributed by atoms with Gasteiger partial charge < -0.3 is 14.6 Å². The van der Waals surface area contributed by atoms with Gasteiger partial charge in [-0.1, -0.05) is 42.5 Å². The Labute approximate surface area is 178 Å². The molecule has 4 aromatic rings. The van der Waals surface area contributed by atoms with Gasteiger partial charge >= 0.3 is 0 Å². The summed E-state index contributed by atoms with van der Waals surface area (Å²) in [6, 6.07) is 18.7. The number of oxazole rings is 1. The van der Waals surface area contributed by atoms with E-state index in [4.69, 9.17) is 4.42 Å². The first-order valence-corrected chi connectivity index (χ1v) is 9.72. The summed E-state index contributed by atoms with van der Waals surface area (Å²) in [7, 11) is 3.59. The summed E-state index contributed by atoms with van der Waals surface area (Å²) in [6.07, 6.45) is 0. The minimum atomic E-state index is -0.631. The minimum absolute atomic E-state index is 0.111. The number of fused-ring (bicyclic) bond motifs is 1. The molecule has 0 aliphatic rings. The van der Waals surface area contributed by atoms with Crippen molar-refractivity contribution in [3.63, 3.8) is 0 Å². The van der Waals surface area contributed by atoms with Crippen LogP contribution in [0.1, 0.15) is 17.3 Å². The second-order valence-corrected chi connectivity index (χ2v) is 7.36. The molecule has 1 atom stereocenters. The molecule has 1 aromatic heterocycles. The highest BCUT2D eigenvalue weighted by Gasteiger charge is 2.21. The first-order valence-electron chi connectivity index (χ1n) is 9.72. The first kappa shape index (κ1) is 20.5. The molecule has 4 rings (SSSR count). The smallest absolute Gasteiger partial charge is 0.232 e. The Bertz CT molecular complexity index is 1270. The van der Waals surface area contributed by atoms with Crippen molar-refractivity contribution in [1.82, 2.24) is 9.88 Å². The lowest BCUT2D eigenvalue weighted by molar-refractivity contribution is 0.302. The maximum Gasteiger partial charge on any atom is 0.232 e. The lowest BCUT2D eigenvalue weighted by atomic mass is 10.0. The van der Waals surface area contributed by atoms with Crippen molar-refractivity contribution in [2.24, 2.45) is 0 Å². The molecular formula is C24H20F2N4O. The van der Waals surface area contributed by atoms with Crippen molar-refractivity contribution in [2.45, 2.75) is 6.04 Å². The molecule has 1 N–H and O–H groups in total. The van der Waals surface area contributed by atoms with E-state index in [1.165, 1.54) is 12.1 Å². The SMILES string of the molecule is CN(C)[C@@H](CNc1oc(-c2cccc3ccccc23)nc1C#N)c1ccc(F)cc1F. The molecule has 0 spiro atoms. The molecule has 1 heterocycles. The van der Waals surface area contributed by atoms with Gasteiger partial charge in [0.15, 0.2) is 0 Å². The third kappa shape index (κ3) is 4.11. The van der Waals surface area contributed by atoms with Crippen LogP contribution < -0.4 is 5.32 Å². The van der Waals surface area contributed by atoms with Gasteiger partial charge in [-0.05, 0) is 37.0 Å². The van der Waals surface area contributed by atoms with Crippen LogP contribution >= 0.6 is 0 Å². The summed E-state index contributed by atoms with van der Waals surface area (Å²) in [4.78, 5) is 6.15. The van der Waals surface area contributed by atoms with Crippen molar-refractivity contribution in [2.75, 3.05) is 26.0 Å². The Morgan fingerprint density at radius 1 is 1.10 bits per heavy atom. The molecule has 3 aromatic carbocycles. The van der Waals surface area contributed by atoms with E-state index in [9.17, 15) is 14.0 Å². The van der Waals surface area contributed by atoms with Gasteiger partial charge in [-0.3, -0.25) is 0 Å². The summed E-state index contributed by atoms with van der Waals surface area (Å²) in [5, 5.41) is 14.6. The number of benzene rings is 3. The molecule has 0 aliphatic carbocycles. The average Bonchev–Trinajstić information content (AvgIpc) is 3.17. The molecule has 0 fully saturated rings. The van der Waals surface area contributed by atoms with Crippen LogP contribution in [0.3, 0.4) is 0 Å². The van der Waals surface area contributed by atoms with E-state index in [2.05, 4.69) is 10.3 Å². The van der Waals surface area contributed by atoms with Gasteiger partial charge in [0, 0.05) is 23.7 Å². The van der Waals surface area contributed by atoms with E-state index >= 15 is 0 Å². The van der Waals surface area contributed by atoms with E-state index in [0.29, 0.717) is 11.5 Å². The number of halogens is 2. The predicted molar refractivity (Wildman–Crippen MR) is 115 cm³/mol. The molecule has 31 heavy (non-hydrogen) atoms. The van der Waals surface area contributed by atoms with Crippen molar-refractivity contribution < 1.29 is 13.2 Å². The second kappa shape index (κ2) is 8.54. The molecule has 0 unspecified atom stereocenters. The van der Waals surface area contributed by atoms with Crippen molar-refractivity contribution >= 4 is 16.7 Å². The van der Waals surface area contributed by atoms with Gasteiger partial charge in [-0.15, -0.1) is 0 Å². The second-order valence-electron chi connectivity index (χ2n) is 7.36. The fourth-order valence-electron chi connectivity index (χ4n) is 3.57. The quantitative estimate of drug-likeness (QED) is 0.457. The molecule has 0 radical (unpaired) electrons. The summed E-state index contributed by atoms with van der Waals surface area (Å²) < 4.78 is 33.5. The van der Waals surface area contributed by atoms with Crippen LogP contribution in [0.5, 0.6) is 0 Å². The van der Waals surface area contributed by atoms with Gasteiger partial charge in [0.2, 0.25) is 17.5 Å². The van der Waals surface area contributed by atoms with Crippen LogP contribution in [0.4, 0.5) is 14.7 Å². The average molecular weight is 418 g/mol. The van der Waals surface area contributed by atoms with E-state index in [0.717, 1.165) is 22.4 Å². The molecule has 0 saturated carbocycles. The van der Waals surface area contributed by atoms with Gasteiger partial charge in [-0.2, -0.15) is 10.2 Å². The van der Waals surface area contributed by atoms with Gasteiger partial charge in [-0.25, -0.2) is 8.78 Å². The summed E-state index contributed by atoms with van der Waals surface area (Å²) in [5.74, 6) is -0.728. The number of hydrogen-bond acceptors (Lipinski definition) is 5. The maximum absolute atomic E-state index is 14.3. The zero-order valence-corrected chi connectivity index (χ0v) is 17.1. The number of likely N-dealkylation sites (N-methyl/N-ethyl adjacent to an activating group) is 1. The highest BCUT2D eigenvalue weighted by atomic mass is 19.1. The van der Waals surface area contributed by atoms with Crippen LogP contribution in [0.2, 0.25) is 0 Å². The fourth-order valence-corrected chi connectivity index (χ4v) is 3.57. The Morgan fingerprint density at radius 2 is 1.87 bits per heavy atom. The summed E-state index contributed by atoms with van der Waals surface area (Å²) in [5.41, 5.74) is 1.22. The highest BCUT2D eigenvalue weighted by molar-refractivity contribution is 5.94. The molecule has 0 saturated heterocycles. The number of hydrogen-bond donors (Lipinski definition) is 1. The molecule has 0 bridgehead atoms. The molecule has 7 heteroatoms. The number of aromatic nitrogens is 1.